The number of para-hydroxylation sites is 2. The molecular formula is C33H36N4. The van der Waals surface area contributed by atoms with Gasteiger partial charge in [0.05, 0.1) is 0 Å². The molecule has 0 radical (unpaired) electrons. The Morgan fingerprint density at radius 1 is 0.459 bits per heavy atom. The molecule has 4 nitrogen and oxygen atoms in total. The predicted molar refractivity (Wildman–Crippen MR) is 152 cm³/mol. The van der Waals surface area contributed by atoms with Crippen LogP contribution in [0.1, 0.15) is 87.7 Å². The normalized spacial score (nSPS) is 17.0. The van der Waals surface area contributed by atoms with Crippen molar-refractivity contribution in [3.05, 3.63) is 96.6 Å². The average molecular weight is 489 g/mol. The fourth-order valence-corrected chi connectivity index (χ4v) is 5.99. The summed E-state index contributed by atoms with van der Waals surface area (Å²) in [5, 5.41) is 0. The third kappa shape index (κ3) is 5.44. The van der Waals surface area contributed by atoms with E-state index in [0.717, 1.165) is 40.1 Å². The molecule has 1 heterocycles. The first-order valence-electron chi connectivity index (χ1n) is 14.1. The number of hydrogen-bond donors (Lipinski definition) is 0. The van der Waals surface area contributed by atoms with Crippen LogP contribution in [0.5, 0.6) is 0 Å². The van der Waals surface area contributed by atoms with E-state index in [-0.39, 0.29) is 0 Å². The minimum Gasteiger partial charge on any atom is -0.311 e. The second-order valence-electron chi connectivity index (χ2n) is 10.6. The number of rotatable bonds is 6. The van der Waals surface area contributed by atoms with Crippen molar-refractivity contribution in [2.75, 3.05) is 4.90 Å². The van der Waals surface area contributed by atoms with Crippen molar-refractivity contribution >= 4 is 17.1 Å². The number of aromatic nitrogens is 3. The maximum Gasteiger partial charge on any atom is 0.163 e. The molecule has 0 bridgehead atoms. The summed E-state index contributed by atoms with van der Waals surface area (Å²) >= 11 is 0. The molecule has 0 aliphatic heterocycles. The second-order valence-corrected chi connectivity index (χ2v) is 10.6. The summed E-state index contributed by atoms with van der Waals surface area (Å²) in [5.41, 5.74) is 4.47. The summed E-state index contributed by atoms with van der Waals surface area (Å²) in [6, 6.07) is 29.8. The largest absolute Gasteiger partial charge is 0.311 e. The van der Waals surface area contributed by atoms with E-state index in [0.29, 0.717) is 11.8 Å². The first-order chi connectivity index (χ1) is 18.3. The Labute approximate surface area is 220 Å². The molecule has 188 valence electrons. The van der Waals surface area contributed by atoms with Crippen LogP contribution in [0.3, 0.4) is 0 Å². The van der Waals surface area contributed by atoms with Crippen LogP contribution in [0.15, 0.2) is 84.9 Å². The molecule has 2 saturated carbocycles. The van der Waals surface area contributed by atoms with E-state index in [4.69, 9.17) is 15.0 Å². The van der Waals surface area contributed by atoms with Crippen LogP contribution in [-0.2, 0) is 0 Å². The molecule has 6 rings (SSSR count). The molecule has 0 spiro atoms. The molecular weight excluding hydrogens is 452 g/mol. The molecule has 1 aromatic heterocycles. The fraction of sp³-hybridized carbons (Fsp3) is 0.364. The predicted octanol–water partition coefficient (Wildman–Crippen LogP) is 9.10. The van der Waals surface area contributed by atoms with Crippen LogP contribution in [0.2, 0.25) is 0 Å². The highest BCUT2D eigenvalue weighted by Gasteiger charge is 2.24. The molecule has 0 unspecified atom stereocenters. The van der Waals surface area contributed by atoms with Crippen molar-refractivity contribution in [3.8, 4) is 11.4 Å². The molecule has 37 heavy (non-hydrogen) atoms. The van der Waals surface area contributed by atoms with Gasteiger partial charge in [-0.05, 0) is 74.2 Å². The average Bonchev–Trinajstić information content (AvgIpc) is 2.99. The monoisotopic (exact) mass is 488 g/mol. The van der Waals surface area contributed by atoms with Gasteiger partial charge in [0.1, 0.15) is 11.6 Å². The van der Waals surface area contributed by atoms with Crippen molar-refractivity contribution in [2.24, 2.45) is 0 Å². The summed E-state index contributed by atoms with van der Waals surface area (Å²) in [5.74, 6) is 3.86. The lowest BCUT2D eigenvalue weighted by atomic mass is 9.87. The molecule has 4 aromatic rings. The lowest BCUT2D eigenvalue weighted by Gasteiger charge is -2.26. The highest BCUT2D eigenvalue weighted by atomic mass is 15.1. The van der Waals surface area contributed by atoms with Gasteiger partial charge < -0.3 is 4.90 Å². The van der Waals surface area contributed by atoms with Crippen molar-refractivity contribution < 1.29 is 0 Å². The smallest absolute Gasteiger partial charge is 0.163 e. The molecule has 0 N–H and O–H groups in total. The molecule has 0 saturated heterocycles. The SMILES string of the molecule is c1ccc(N(c2ccccc2)c2ccc(-c3nc(C4CCCCC4)nc(C4CCCCC4)n3)cc2)cc1. The van der Waals surface area contributed by atoms with Crippen LogP contribution >= 0.6 is 0 Å². The Balaban J connectivity index is 1.36. The third-order valence-electron chi connectivity index (χ3n) is 8.02. The van der Waals surface area contributed by atoms with Gasteiger partial charge in [-0.3, -0.25) is 0 Å². The lowest BCUT2D eigenvalue weighted by Crippen LogP contribution is -2.16. The molecule has 2 aliphatic rings. The summed E-state index contributed by atoms with van der Waals surface area (Å²) in [6.45, 7) is 0. The van der Waals surface area contributed by atoms with E-state index in [2.05, 4.69) is 89.8 Å². The van der Waals surface area contributed by atoms with Gasteiger partial charge in [0.25, 0.3) is 0 Å². The summed E-state index contributed by atoms with van der Waals surface area (Å²) in [7, 11) is 0. The number of anilines is 3. The van der Waals surface area contributed by atoms with Crippen LogP contribution in [-0.4, -0.2) is 15.0 Å². The Morgan fingerprint density at radius 3 is 1.35 bits per heavy atom. The first-order valence-corrected chi connectivity index (χ1v) is 14.1. The standard InChI is InChI=1S/C33H36N4/c1-5-13-25(14-6-1)31-34-32(26-15-7-2-8-16-26)36-33(35-31)27-21-23-30(24-22-27)37(28-17-9-3-10-18-28)29-19-11-4-12-20-29/h3-4,9-12,17-26H,1-2,5-8,13-16H2. The highest BCUT2D eigenvalue weighted by Crippen LogP contribution is 2.37. The van der Waals surface area contributed by atoms with E-state index < -0.39 is 0 Å². The molecule has 3 aromatic carbocycles. The van der Waals surface area contributed by atoms with Crippen LogP contribution in [0, 0.1) is 0 Å². The topological polar surface area (TPSA) is 41.9 Å². The Bertz CT molecular complexity index is 1200. The number of nitrogens with zero attached hydrogens (tertiary/aromatic N) is 4. The number of benzene rings is 3. The van der Waals surface area contributed by atoms with Crippen molar-refractivity contribution in [3.63, 3.8) is 0 Å². The maximum atomic E-state index is 5.10. The Kier molecular flexibility index (Phi) is 7.25. The van der Waals surface area contributed by atoms with Crippen LogP contribution in [0.4, 0.5) is 17.1 Å². The third-order valence-corrected chi connectivity index (χ3v) is 8.02. The van der Waals surface area contributed by atoms with E-state index in [9.17, 15) is 0 Å². The molecule has 4 heteroatoms. The van der Waals surface area contributed by atoms with Gasteiger partial charge in [0.2, 0.25) is 0 Å². The van der Waals surface area contributed by atoms with E-state index in [1.807, 2.05) is 0 Å². The zero-order valence-electron chi connectivity index (χ0n) is 21.6. The minimum absolute atomic E-state index is 0.476. The van der Waals surface area contributed by atoms with Gasteiger partial charge in [0.15, 0.2) is 5.82 Å². The highest BCUT2D eigenvalue weighted by molar-refractivity contribution is 5.77. The van der Waals surface area contributed by atoms with Gasteiger partial charge in [-0.25, -0.2) is 15.0 Å². The van der Waals surface area contributed by atoms with Crippen LogP contribution < -0.4 is 4.90 Å². The van der Waals surface area contributed by atoms with Crippen molar-refractivity contribution in [2.45, 2.75) is 76.0 Å². The molecule has 0 atom stereocenters. The van der Waals surface area contributed by atoms with Gasteiger partial charge in [-0.1, -0.05) is 74.9 Å². The quantitative estimate of drug-likeness (QED) is 0.271. The lowest BCUT2D eigenvalue weighted by molar-refractivity contribution is 0.409. The van der Waals surface area contributed by atoms with E-state index >= 15 is 0 Å². The van der Waals surface area contributed by atoms with Crippen molar-refractivity contribution in [1.29, 1.82) is 0 Å². The van der Waals surface area contributed by atoms with Gasteiger partial charge in [0, 0.05) is 34.5 Å². The maximum absolute atomic E-state index is 5.10. The molecule has 0 amide bonds. The van der Waals surface area contributed by atoms with Crippen LogP contribution in [0.25, 0.3) is 11.4 Å². The zero-order chi connectivity index (χ0) is 24.9. The van der Waals surface area contributed by atoms with Gasteiger partial charge in [-0.2, -0.15) is 0 Å². The Morgan fingerprint density at radius 2 is 0.892 bits per heavy atom. The van der Waals surface area contributed by atoms with Gasteiger partial charge >= 0.3 is 0 Å². The summed E-state index contributed by atoms with van der Waals surface area (Å²) in [4.78, 5) is 17.5. The number of hydrogen-bond acceptors (Lipinski definition) is 4. The Hall–Kier alpha value is -3.53. The van der Waals surface area contributed by atoms with Crippen molar-refractivity contribution in [1.82, 2.24) is 15.0 Å². The van der Waals surface area contributed by atoms with E-state index in [1.54, 1.807) is 0 Å². The van der Waals surface area contributed by atoms with Gasteiger partial charge in [-0.15, -0.1) is 0 Å². The minimum atomic E-state index is 0.476. The zero-order valence-corrected chi connectivity index (χ0v) is 21.6. The van der Waals surface area contributed by atoms with E-state index in [1.165, 1.54) is 64.2 Å². The molecule has 2 fully saturated rings. The first kappa shape index (κ1) is 23.8. The summed E-state index contributed by atoms with van der Waals surface area (Å²) in [6.07, 6.45) is 12.6. The molecule has 2 aliphatic carbocycles. The fourth-order valence-electron chi connectivity index (χ4n) is 5.99. The second kappa shape index (κ2) is 11.2. The summed E-state index contributed by atoms with van der Waals surface area (Å²) < 4.78 is 0.